The van der Waals surface area contributed by atoms with Crippen molar-refractivity contribution >= 4 is 38.9 Å². The molecule has 3 rings (SSSR count). The Labute approximate surface area is 185 Å². The van der Waals surface area contributed by atoms with Crippen LogP contribution < -0.4 is 9.73 Å². The number of para-hydroxylation sites is 1. The summed E-state index contributed by atoms with van der Waals surface area (Å²) in [6.45, 7) is 1.15. The third kappa shape index (κ3) is 5.68. The summed E-state index contributed by atoms with van der Waals surface area (Å²) in [5.74, 6) is -1.02. The molecule has 0 aliphatic carbocycles. The lowest BCUT2D eigenvalue weighted by atomic mass is 10.1. The summed E-state index contributed by atoms with van der Waals surface area (Å²) in [6.07, 6.45) is 0. The first-order valence-electron chi connectivity index (χ1n) is 9.20. The van der Waals surface area contributed by atoms with E-state index in [4.69, 9.17) is 11.6 Å². The Hall–Kier alpha value is -3.23. The Kier molecular flexibility index (Phi) is 7.04. The van der Waals surface area contributed by atoms with Gasteiger partial charge in [0.15, 0.2) is 0 Å². The van der Waals surface area contributed by atoms with Gasteiger partial charge >= 0.3 is 0 Å². The van der Waals surface area contributed by atoms with Crippen LogP contribution in [-0.2, 0) is 14.8 Å². The lowest BCUT2D eigenvalue weighted by Crippen LogP contribution is -2.39. The fourth-order valence-electron chi connectivity index (χ4n) is 2.71. The third-order valence-electron chi connectivity index (χ3n) is 4.34. The maximum absolute atomic E-state index is 13.2. The van der Waals surface area contributed by atoms with Gasteiger partial charge in [-0.2, -0.15) is 5.10 Å². The molecule has 3 aromatic rings. The largest absolute Gasteiger partial charge is 0.271 e. The summed E-state index contributed by atoms with van der Waals surface area (Å²) in [4.78, 5) is 12.5. The Morgan fingerprint density at radius 1 is 1.00 bits per heavy atom. The van der Waals surface area contributed by atoms with Crippen LogP contribution in [0.2, 0.25) is 5.02 Å². The van der Waals surface area contributed by atoms with Gasteiger partial charge in [0.2, 0.25) is 0 Å². The minimum absolute atomic E-state index is 0.000419. The topological polar surface area (TPSA) is 78.8 Å². The Morgan fingerprint density at radius 3 is 2.23 bits per heavy atom. The zero-order chi connectivity index (χ0) is 22.4. The number of hydrazone groups is 1. The first-order valence-corrected chi connectivity index (χ1v) is 11.0. The highest BCUT2D eigenvalue weighted by Gasteiger charge is 2.27. The minimum atomic E-state index is -4.04. The van der Waals surface area contributed by atoms with Crippen LogP contribution in [0, 0.1) is 5.82 Å². The van der Waals surface area contributed by atoms with Crippen LogP contribution >= 0.6 is 11.6 Å². The summed E-state index contributed by atoms with van der Waals surface area (Å²) in [5.41, 5.74) is 3.75. The molecule has 0 heterocycles. The Morgan fingerprint density at radius 2 is 1.61 bits per heavy atom. The monoisotopic (exact) mass is 459 g/mol. The molecule has 6 nitrogen and oxygen atoms in total. The maximum Gasteiger partial charge on any atom is 0.264 e. The van der Waals surface area contributed by atoms with Gasteiger partial charge in [-0.25, -0.2) is 18.2 Å². The van der Waals surface area contributed by atoms with Crippen molar-refractivity contribution in [1.29, 1.82) is 0 Å². The molecule has 9 heteroatoms. The second-order valence-electron chi connectivity index (χ2n) is 6.54. The van der Waals surface area contributed by atoms with Gasteiger partial charge in [-0.3, -0.25) is 9.10 Å². The Bertz CT molecular complexity index is 1180. The number of carbonyl (C=O) groups is 1. The predicted molar refractivity (Wildman–Crippen MR) is 119 cm³/mol. The number of hydrogen-bond acceptors (Lipinski definition) is 4. The average molecular weight is 460 g/mol. The van der Waals surface area contributed by atoms with Gasteiger partial charge in [-0.1, -0.05) is 41.9 Å². The SMILES string of the molecule is C/C(=N/NC(=O)CN(c1ccccc1)S(=O)(=O)c1ccc(Cl)cc1)c1ccc(F)cc1. The maximum atomic E-state index is 13.2. The molecule has 0 unspecified atom stereocenters. The van der Waals surface area contributed by atoms with Crippen LogP contribution in [0.25, 0.3) is 0 Å². The molecular formula is C22H19ClFN3O3S. The first kappa shape index (κ1) is 22.5. The highest BCUT2D eigenvalue weighted by molar-refractivity contribution is 7.92. The van der Waals surface area contributed by atoms with Crippen molar-refractivity contribution < 1.29 is 17.6 Å². The van der Waals surface area contributed by atoms with E-state index in [0.717, 1.165) is 4.31 Å². The minimum Gasteiger partial charge on any atom is -0.271 e. The number of nitrogens with one attached hydrogen (secondary N) is 1. The number of hydrogen-bond donors (Lipinski definition) is 1. The van der Waals surface area contributed by atoms with E-state index in [9.17, 15) is 17.6 Å². The molecule has 0 aliphatic heterocycles. The van der Waals surface area contributed by atoms with Gasteiger partial charge in [0.1, 0.15) is 12.4 Å². The summed E-state index contributed by atoms with van der Waals surface area (Å²) >= 11 is 5.86. The van der Waals surface area contributed by atoms with E-state index in [0.29, 0.717) is 22.0 Å². The van der Waals surface area contributed by atoms with Crippen molar-refractivity contribution in [2.45, 2.75) is 11.8 Å². The van der Waals surface area contributed by atoms with Gasteiger partial charge in [-0.15, -0.1) is 0 Å². The van der Waals surface area contributed by atoms with Gasteiger partial charge in [0.25, 0.3) is 15.9 Å². The molecule has 0 bridgehead atoms. The molecule has 3 aromatic carbocycles. The van der Waals surface area contributed by atoms with Gasteiger partial charge in [-0.05, 0) is 61.0 Å². The molecule has 0 radical (unpaired) electrons. The van der Waals surface area contributed by atoms with Crippen LogP contribution in [0.5, 0.6) is 0 Å². The van der Waals surface area contributed by atoms with Crippen molar-refractivity contribution in [1.82, 2.24) is 5.43 Å². The number of anilines is 1. The van der Waals surface area contributed by atoms with Gasteiger partial charge in [0, 0.05) is 5.02 Å². The molecule has 0 aliphatic rings. The fraction of sp³-hybridized carbons (Fsp3) is 0.0909. The highest BCUT2D eigenvalue weighted by Crippen LogP contribution is 2.24. The molecule has 0 spiro atoms. The number of rotatable bonds is 7. The number of amides is 1. The normalized spacial score (nSPS) is 11.8. The van der Waals surface area contributed by atoms with E-state index in [1.165, 1.54) is 48.5 Å². The van der Waals surface area contributed by atoms with Crippen molar-refractivity contribution in [3.05, 3.63) is 95.3 Å². The van der Waals surface area contributed by atoms with Gasteiger partial charge in [0.05, 0.1) is 16.3 Å². The highest BCUT2D eigenvalue weighted by atomic mass is 35.5. The summed E-state index contributed by atoms with van der Waals surface area (Å²) in [7, 11) is -4.04. The molecule has 0 aromatic heterocycles. The third-order valence-corrected chi connectivity index (χ3v) is 6.38. The molecule has 160 valence electrons. The van der Waals surface area contributed by atoms with Crippen molar-refractivity contribution in [3.8, 4) is 0 Å². The molecule has 1 N–H and O–H groups in total. The number of halogens is 2. The smallest absolute Gasteiger partial charge is 0.264 e. The predicted octanol–water partition coefficient (Wildman–Crippen LogP) is 4.21. The zero-order valence-corrected chi connectivity index (χ0v) is 18.1. The molecule has 0 fully saturated rings. The van der Waals surface area contributed by atoms with Gasteiger partial charge < -0.3 is 0 Å². The second kappa shape index (κ2) is 9.72. The van der Waals surface area contributed by atoms with Crippen molar-refractivity contribution in [2.75, 3.05) is 10.8 Å². The molecule has 0 saturated carbocycles. The molecule has 1 amide bonds. The summed E-state index contributed by atoms with van der Waals surface area (Å²) in [6, 6.07) is 19.6. The van der Waals surface area contributed by atoms with Crippen LogP contribution in [0.15, 0.2) is 88.9 Å². The molecule has 0 saturated heterocycles. The van der Waals surface area contributed by atoms with Crippen LogP contribution in [0.4, 0.5) is 10.1 Å². The van der Waals surface area contributed by atoms with E-state index in [-0.39, 0.29) is 10.7 Å². The Balaban J connectivity index is 1.83. The van der Waals surface area contributed by atoms with Crippen LogP contribution in [0.1, 0.15) is 12.5 Å². The quantitative estimate of drug-likeness (QED) is 0.424. The van der Waals surface area contributed by atoms with Crippen molar-refractivity contribution in [3.63, 3.8) is 0 Å². The molecule has 31 heavy (non-hydrogen) atoms. The van der Waals surface area contributed by atoms with Crippen LogP contribution in [0.3, 0.4) is 0 Å². The number of benzene rings is 3. The molecule has 0 atom stereocenters. The lowest BCUT2D eigenvalue weighted by Gasteiger charge is -2.23. The lowest BCUT2D eigenvalue weighted by molar-refractivity contribution is -0.119. The second-order valence-corrected chi connectivity index (χ2v) is 8.84. The summed E-state index contributed by atoms with van der Waals surface area (Å²) in [5, 5.41) is 4.39. The van der Waals surface area contributed by atoms with E-state index in [1.54, 1.807) is 37.3 Å². The van der Waals surface area contributed by atoms with E-state index in [1.807, 2.05) is 0 Å². The average Bonchev–Trinajstić information content (AvgIpc) is 2.77. The molecular weight excluding hydrogens is 441 g/mol. The fourth-order valence-corrected chi connectivity index (χ4v) is 4.26. The van der Waals surface area contributed by atoms with E-state index in [2.05, 4.69) is 10.5 Å². The van der Waals surface area contributed by atoms with E-state index >= 15 is 0 Å². The number of carbonyl (C=O) groups excluding carboxylic acids is 1. The standard InChI is InChI=1S/C22H19ClFN3O3S/c1-16(17-7-11-19(24)12-8-17)25-26-22(28)15-27(20-5-3-2-4-6-20)31(29,30)21-13-9-18(23)10-14-21/h2-14H,15H2,1H3,(H,26,28)/b25-16-. The first-order chi connectivity index (χ1) is 14.8. The number of nitrogens with zero attached hydrogens (tertiary/aromatic N) is 2. The van der Waals surface area contributed by atoms with Crippen LogP contribution in [-0.4, -0.2) is 26.6 Å². The zero-order valence-electron chi connectivity index (χ0n) is 16.5. The van der Waals surface area contributed by atoms with E-state index < -0.39 is 22.5 Å². The summed E-state index contributed by atoms with van der Waals surface area (Å²) < 4.78 is 40.5. The number of sulfonamides is 1. The van der Waals surface area contributed by atoms with Crippen molar-refractivity contribution in [2.24, 2.45) is 5.10 Å².